The smallest absolute Gasteiger partial charge is 0.240 e. The second kappa shape index (κ2) is 6.82. The van der Waals surface area contributed by atoms with E-state index < -0.39 is 10.0 Å². The predicted octanol–water partition coefficient (Wildman–Crippen LogP) is 1.22. The number of amides is 1. The monoisotopic (exact) mass is 351 g/mol. The van der Waals surface area contributed by atoms with Gasteiger partial charge in [0.2, 0.25) is 15.9 Å². The summed E-state index contributed by atoms with van der Waals surface area (Å²) in [6.45, 7) is 4.59. The molecule has 1 aromatic rings. The molecule has 1 saturated heterocycles. The molecule has 0 aliphatic carbocycles. The Morgan fingerprint density at radius 1 is 1.33 bits per heavy atom. The molecule has 1 fully saturated rings. The van der Waals surface area contributed by atoms with Crippen molar-refractivity contribution in [3.05, 3.63) is 23.8 Å². The number of fused-ring (bicyclic) bond motifs is 1. The lowest BCUT2D eigenvalue weighted by Crippen LogP contribution is -2.39. The number of benzene rings is 1. The Bertz CT molecular complexity index is 733. The zero-order valence-corrected chi connectivity index (χ0v) is 15.1. The Hall–Kier alpha value is -1.44. The lowest BCUT2D eigenvalue weighted by molar-refractivity contribution is -0.116. The highest BCUT2D eigenvalue weighted by Gasteiger charge is 2.26. The first kappa shape index (κ1) is 17.4. The first-order chi connectivity index (χ1) is 11.4. The zero-order valence-electron chi connectivity index (χ0n) is 14.3. The van der Waals surface area contributed by atoms with Crippen LogP contribution in [0.15, 0.2) is 23.1 Å². The molecule has 7 heteroatoms. The molecule has 1 unspecified atom stereocenters. The summed E-state index contributed by atoms with van der Waals surface area (Å²) in [5.74, 6) is 0.295. The molecule has 0 radical (unpaired) electrons. The minimum absolute atomic E-state index is 0.0542. The normalized spacial score (nSPS) is 21.8. The van der Waals surface area contributed by atoms with Crippen LogP contribution in [0, 0.1) is 5.92 Å². The topological polar surface area (TPSA) is 69.7 Å². The fraction of sp³-hybridized carbons (Fsp3) is 0.588. The highest BCUT2D eigenvalue weighted by atomic mass is 32.2. The molecule has 2 aliphatic rings. The molecule has 0 bridgehead atoms. The summed E-state index contributed by atoms with van der Waals surface area (Å²) >= 11 is 0. The molecule has 1 N–H and O–H groups in total. The number of carbonyl (C=O) groups is 1. The van der Waals surface area contributed by atoms with Gasteiger partial charge in [0.05, 0.1) is 4.90 Å². The summed E-state index contributed by atoms with van der Waals surface area (Å²) in [7, 11) is -1.49. The fourth-order valence-electron chi connectivity index (χ4n) is 3.60. The van der Waals surface area contributed by atoms with Crippen molar-refractivity contribution >= 4 is 21.6 Å². The molecular formula is C17H25N3O3S. The number of piperidine rings is 1. The van der Waals surface area contributed by atoms with Crippen molar-refractivity contribution in [3.63, 3.8) is 0 Å². The lowest BCUT2D eigenvalue weighted by Gasteiger charge is -2.29. The third kappa shape index (κ3) is 3.63. The minimum atomic E-state index is -3.55. The van der Waals surface area contributed by atoms with Crippen molar-refractivity contribution < 1.29 is 13.2 Å². The number of hydrogen-bond acceptors (Lipinski definition) is 4. The van der Waals surface area contributed by atoms with Crippen molar-refractivity contribution in [1.29, 1.82) is 0 Å². The number of nitrogens with zero attached hydrogens (tertiary/aromatic N) is 2. The van der Waals surface area contributed by atoms with E-state index >= 15 is 0 Å². The summed E-state index contributed by atoms with van der Waals surface area (Å²) in [6, 6.07) is 5.08. The van der Waals surface area contributed by atoms with E-state index in [1.807, 2.05) is 6.07 Å². The number of carbonyl (C=O) groups excluding carboxylic acids is 1. The van der Waals surface area contributed by atoms with Crippen LogP contribution in [0.3, 0.4) is 0 Å². The van der Waals surface area contributed by atoms with Gasteiger partial charge in [0, 0.05) is 32.2 Å². The van der Waals surface area contributed by atoms with Crippen LogP contribution in [-0.2, 0) is 21.2 Å². The van der Waals surface area contributed by atoms with Crippen LogP contribution in [0.5, 0.6) is 0 Å². The van der Waals surface area contributed by atoms with Gasteiger partial charge in [-0.15, -0.1) is 0 Å². The van der Waals surface area contributed by atoms with Crippen LogP contribution in [-0.4, -0.2) is 52.5 Å². The Morgan fingerprint density at radius 2 is 2.12 bits per heavy atom. The van der Waals surface area contributed by atoms with E-state index in [-0.39, 0.29) is 10.8 Å². The van der Waals surface area contributed by atoms with Crippen LogP contribution in [0.4, 0.5) is 5.69 Å². The quantitative estimate of drug-likeness (QED) is 0.885. The molecule has 3 rings (SSSR count). The van der Waals surface area contributed by atoms with E-state index in [1.54, 1.807) is 17.0 Å². The van der Waals surface area contributed by atoms with Gasteiger partial charge in [-0.1, -0.05) is 6.07 Å². The Balaban J connectivity index is 1.73. The second-order valence-corrected chi connectivity index (χ2v) is 8.60. The molecule has 2 aliphatic heterocycles. The number of anilines is 1. The van der Waals surface area contributed by atoms with Gasteiger partial charge < -0.3 is 9.80 Å². The third-order valence-corrected chi connectivity index (χ3v) is 6.35. The van der Waals surface area contributed by atoms with Crippen molar-refractivity contribution in [2.24, 2.45) is 5.92 Å². The maximum atomic E-state index is 12.6. The molecular weight excluding hydrogens is 326 g/mol. The summed E-state index contributed by atoms with van der Waals surface area (Å²) < 4.78 is 28.0. The van der Waals surface area contributed by atoms with Crippen LogP contribution < -0.4 is 9.62 Å². The maximum Gasteiger partial charge on any atom is 0.240 e. The van der Waals surface area contributed by atoms with Crippen molar-refractivity contribution in [2.45, 2.75) is 31.1 Å². The van der Waals surface area contributed by atoms with E-state index in [2.05, 4.69) is 16.7 Å². The largest absolute Gasteiger partial charge is 0.312 e. The van der Waals surface area contributed by atoms with Gasteiger partial charge in [0.1, 0.15) is 0 Å². The Morgan fingerprint density at radius 3 is 2.83 bits per heavy atom. The van der Waals surface area contributed by atoms with Crippen LogP contribution in [0.1, 0.15) is 25.3 Å². The van der Waals surface area contributed by atoms with Gasteiger partial charge in [0.15, 0.2) is 0 Å². The SMILES string of the molecule is CC(=O)N1CCc2ccc(S(=O)(=O)NCC3CCCN(C)C3)cc21. The first-order valence-corrected chi connectivity index (χ1v) is 9.94. The summed E-state index contributed by atoms with van der Waals surface area (Å²) in [4.78, 5) is 15.8. The molecule has 132 valence electrons. The number of nitrogens with one attached hydrogen (secondary N) is 1. The Labute approximate surface area is 143 Å². The van der Waals surface area contributed by atoms with E-state index in [0.29, 0.717) is 19.0 Å². The molecule has 0 aromatic heterocycles. The van der Waals surface area contributed by atoms with E-state index in [4.69, 9.17) is 0 Å². The van der Waals surface area contributed by atoms with E-state index in [9.17, 15) is 13.2 Å². The number of likely N-dealkylation sites (tertiary alicyclic amines) is 1. The molecule has 2 heterocycles. The highest BCUT2D eigenvalue weighted by molar-refractivity contribution is 7.89. The average molecular weight is 351 g/mol. The maximum absolute atomic E-state index is 12.6. The van der Waals surface area contributed by atoms with E-state index in [0.717, 1.165) is 43.6 Å². The van der Waals surface area contributed by atoms with Crippen molar-refractivity contribution in [2.75, 3.05) is 38.1 Å². The minimum Gasteiger partial charge on any atom is -0.312 e. The number of rotatable bonds is 4. The van der Waals surface area contributed by atoms with Crippen molar-refractivity contribution in [1.82, 2.24) is 9.62 Å². The van der Waals surface area contributed by atoms with Gasteiger partial charge in [-0.3, -0.25) is 4.79 Å². The molecule has 0 spiro atoms. The molecule has 1 aromatic carbocycles. The molecule has 1 atom stereocenters. The zero-order chi connectivity index (χ0) is 17.3. The first-order valence-electron chi connectivity index (χ1n) is 8.46. The molecule has 6 nitrogen and oxygen atoms in total. The van der Waals surface area contributed by atoms with E-state index in [1.165, 1.54) is 6.92 Å². The molecule has 24 heavy (non-hydrogen) atoms. The molecule has 0 saturated carbocycles. The van der Waals surface area contributed by atoms with Gasteiger partial charge in [-0.05, 0) is 56.5 Å². The summed E-state index contributed by atoms with van der Waals surface area (Å²) in [5.41, 5.74) is 1.75. The standard InChI is InChI=1S/C17H25N3O3S/c1-13(21)20-9-7-15-5-6-16(10-17(15)20)24(22,23)18-11-14-4-3-8-19(2)12-14/h5-6,10,14,18H,3-4,7-9,11-12H2,1-2H3. The summed E-state index contributed by atoms with van der Waals surface area (Å²) in [5, 5.41) is 0. The Kier molecular flexibility index (Phi) is 4.94. The van der Waals surface area contributed by atoms with Gasteiger partial charge in [0.25, 0.3) is 0 Å². The number of hydrogen-bond donors (Lipinski definition) is 1. The van der Waals surface area contributed by atoms with Crippen molar-refractivity contribution in [3.8, 4) is 0 Å². The van der Waals surface area contributed by atoms with Crippen LogP contribution in [0.2, 0.25) is 0 Å². The average Bonchev–Trinajstić information content (AvgIpc) is 2.96. The second-order valence-electron chi connectivity index (χ2n) is 6.83. The summed E-state index contributed by atoms with van der Waals surface area (Å²) in [6.07, 6.45) is 2.93. The van der Waals surface area contributed by atoms with Gasteiger partial charge in [-0.2, -0.15) is 0 Å². The highest BCUT2D eigenvalue weighted by Crippen LogP contribution is 2.30. The number of sulfonamides is 1. The van der Waals surface area contributed by atoms with Gasteiger partial charge >= 0.3 is 0 Å². The molecule has 1 amide bonds. The third-order valence-electron chi connectivity index (χ3n) is 4.93. The van der Waals surface area contributed by atoms with Crippen LogP contribution >= 0.6 is 0 Å². The predicted molar refractivity (Wildman–Crippen MR) is 93.6 cm³/mol. The van der Waals surface area contributed by atoms with Crippen LogP contribution in [0.25, 0.3) is 0 Å². The fourth-order valence-corrected chi connectivity index (χ4v) is 4.74. The lowest BCUT2D eigenvalue weighted by atomic mass is 9.99. The van der Waals surface area contributed by atoms with Gasteiger partial charge in [-0.25, -0.2) is 13.1 Å².